The summed E-state index contributed by atoms with van der Waals surface area (Å²) in [6.45, 7) is 1.97. The lowest BCUT2D eigenvalue weighted by Gasteiger charge is -2.34. The van der Waals surface area contributed by atoms with Gasteiger partial charge in [-0.15, -0.1) is 0 Å². The molecule has 3 N–H and O–H groups in total. The Kier molecular flexibility index (Phi) is 2.93. The molecule has 2 rings (SSSR count). The first-order valence-electron chi connectivity index (χ1n) is 4.77. The van der Waals surface area contributed by atoms with Gasteiger partial charge in [-0.3, -0.25) is 4.79 Å². The maximum Gasteiger partial charge on any atom is 0.276 e. The molecule has 2 heterocycles. The summed E-state index contributed by atoms with van der Waals surface area (Å²) in [5.74, 6) is -0.150. The number of nitrogens with two attached hydrogens (primary N) is 1. The number of nitrogens with zero attached hydrogens (tertiary/aromatic N) is 3. The number of aromatic nitrogens is 3. The minimum atomic E-state index is -0.150. The SMILES string of the molecule is NCC1COCCN1C(=O)c1cn[nH]n1. The Morgan fingerprint density at radius 1 is 1.80 bits per heavy atom. The van der Waals surface area contributed by atoms with E-state index in [1.165, 1.54) is 6.20 Å². The molecule has 0 spiro atoms. The van der Waals surface area contributed by atoms with Gasteiger partial charge in [0.05, 0.1) is 25.5 Å². The van der Waals surface area contributed by atoms with Crippen LogP contribution in [0, 0.1) is 0 Å². The summed E-state index contributed by atoms with van der Waals surface area (Å²) in [7, 11) is 0. The first-order chi connectivity index (χ1) is 7.33. The van der Waals surface area contributed by atoms with Crippen molar-refractivity contribution < 1.29 is 9.53 Å². The summed E-state index contributed by atoms with van der Waals surface area (Å²) in [4.78, 5) is 13.6. The van der Waals surface area contributed by atoms with Crippen LogP contribution in [0.3, 0.4) is 0 Å². The molecule has 0 aliphatic carbocycles. The van der Waals surface area contributed by atoms with E-state index < -0.39 is 0 Å². The summed E-state index contributed by atoms with van der Waals surface area (Å²) in [5.41, 5.74) is 5.88. The van der Waals surface area contributed by atoms with Crippen molar-refractivity contribution in [1.29, 1.82) is 0 Å². The molecule has 0 bridgehead atoms. The second kappa shape index (κ2) is 4.37. The third-order valence-corrected chi connectivity index (χ3v) is 2.39. The predicted octanol–water partition coefficient (Wildman–Crippen LogP) is -1.40. The van der Waals surface area contributed by atoms with Crippen LogP contribution in [0.25, 0.3) is 0 Å². The molecule has 1 aliphatic heterocycles. The third kappa shape index (κ3) is 1.97. The molecule has 82 valence electrons. The van der Waals surface area contributed by atoms with Crippen molar-refractivity contribution in [3.8, 4) is 0 Å². The lowest BCUT2D eigenvalue weighted by Crippen LogP contribution is -2.52. The van der Waals surface area contributed by atoms with Crippen molar-refractivity contribution in [3.63, 3.8) is 0 Å². The molecule has 1 unspecified atom stereocenters. The molecule has 1 aromatic rings. The number of nitrogens with one attached hydrogen (secondary N) is 1. The number of carbonyl (C=O) groups excluding carboxylic acids is 1. The molecule has 1 aliphatic rings. The summed E-state index contributed by atoms with van der Waals surface area (Å²) in [6.07, 6.45) is 1.41. The van der Waals surface area contributed by atoms with Crippen molar-refractivity contribution in [2.24, 2.45) is 5.73 Å². The van der Waals surface area contributed by atoms with Crippen molar-refractivity contribution in [2.45, 2.75) is 6.04 Å². The number of hydrogen-bond acceptors (Lipinski definition) is 5. The van der Waals surface area contributed by atoms with Crippen LogP contribution in [0.5, 0.6) is 0 Å². The minimum Gasteiger partial charge on any atom is -0.377 e. The average Bonchev–Trinajstić information content (AvgIpc) is 2.81. The second-order valence-corrected chi connectivity index (χ2v) is 3.32. The van der Waals surface area contributed by atoms with E-state index in [-0.39, 0.29) is 11.9 Å². The Morgan fingerprint density at radius 2 is 2.67 bits per heavy atom. The van der Waals surface area contributed by atoms with Crippen molar-refractivity contribution >= 4 is 5.91 Å². The molecule has 0 aromatic carbocycles. The van der Waals surface area contributed by atoms with Gasteiger partial charge >= 0.3 is 0 Å². The van der Waals surface area contributed by atoms with E-state index in [0.29, 0.717) is 32.0 Å². The first kappa shape index (κ1) is 10.1. The standard InChI is InChI=1S/C8H13N5O2/c9-3-6-5-15-2-1-13(6)8(14)7-4-10-12-11-7/h4,6H,1-3,5,9H2,(H,10,11,12). The zero-order chi connectivity index (χ0) is 10.7. The Bertz CT molecular complexity index is 326. The maximum absolute atomic E-state index is 11.9. The van der Waals surface area contributed by atoms with Gasteiger partial charge < -0.3 is 15.4 Å². The van der Waals surface area contributed by atoms with E-state index in [0.717, 1.165) is 0 Å². The summed E-state index contributed by atoms with van der Waals surface area (Å²) in [5, 5.41) is 9.77. The quantitative estimate of drug-likeness (QED) is 0.627. The van der Waals surface area contributed by atoms with Crippen molar-refractivity contribution in [1.82, 2.24) is 20.3 Å². The lowest BCUT2D eigenvalue weighted by atomic mass is 10.2. The highest BCUT2D eigenvalue weighted by atomic mass is 16.5. The second-order valence-electron chi connectivity index (χ2n) is 3.32. The molecular weight excluding hydrogens is 198 g/mol. The van der Waals surface area contributed by atoms with E-state index in [2.05, 4.69) is 15.4 Å². The Balaban J connectivity index is 2.11. The number of amides is 1. The van der Waals surface area contributed by atoms with E-state index in [1.54, 1.807) is 4.90 Å². The molecule has 7 heteroatoms. The Labute approximate surface area is 86.6 Å². The number of rotatable bonds is 2. The van der Waals surface area contributed by atoms with Gasteiger partial charge in [-0.1, -0.05) is 0 Å². The smallest absolute Gasteiger partial charge is 0.276 e. The van der Waals surface area contributed by atoms with E-state index >= 15 is 0 Å². The number of H-pyrrole nitrogens is 1. The largest absolute Gasteiger partial charge is 0.377 e. The van der Waals surface area contributed by atoms with E-state index in [1.807, 2.05) is 0 Å². The summed E-state index contributed by atoms with van der Waals surface area (Å²) < 4.78 is 5.25. The summed E-state index contributed by atoms with van der Waals surface area (Å²) >= 11 is 0. The first-order valence-corrected chi connectivity index (χ1v) is 4.77. The molecule has 1 saturated heterocycles. The molecule has 1 atom stereocenters. The van der Waals surface area contributed by atoms with Crippen LogP contribution in [0.2, 0.25) is 0 Å². The summed E-state index contributed by atoms with van der Waals surface area (Å²) in [6, 6.07) is -0.0667. The zero-order valence-corrected chi connectivity index (χ0v) is 8.22. The molecule has 0 saturated carbocycles. The predicted molar refractivity (Wildman–Crippen MR) is 51.1 cm³/mol. The van der Waals surface area contributed by atoms with Crippen LogP contribution in [0.1, 0.15) is 10.5 Å². The van der Waals surface area contributed by atoms with Crippen LogP contribution < -0.4 is 5.73 Å². The number of hydrogen-bond donors (Lipinski definition) is 2. The van der Waals surface area contributed by atoms with Gasteiger partial charge in [-0.05, 0) is 0 Å². The van der Waals surface area contributed by atoms with Crippen molar-refractivity contribution in [3.05, 3.63) is 11.9 Å². The number of ether oxygens (including phenoxy) is 1. The number of aromatic amines is 1. The van der Waals surface area contributed by atoms with Gasteiger partial charge in [0.15, 0.2) is 5.69 Å². The molecule has 15 heavy (non-hydrogen) atoms. The van der Waals surface area contributed by atoms with Gasteiger partial charge in [-0.2, -0.15) is 15.4 Å². The third-order valence-electron chi connectivity index (χ3n) is 2.39. The fourth-order valence-electron chi connectivity index (χ4n) is 1.57. The van der Waals surface area contributed by atoms with Crippen LogP contribution in [-0.4, -0.2) is 58.6 Å². The molecule has 1 aromatic heterocycles. The van der Waals surface area contributed by atoms with Crippen LogP contribution in [0.4, 0.5) is 0 Å². The van der Waals surface area contributed by atoms with Gasteiger partial charge in [0, 0.05) is 13.1 Å². The fourth-order valence-corrected chi connectivity index (χ4v) is 1.57. The molecule has 0 radical (unpaired) electrons. The highest BCUT2D eigenvalue weighted by molar-refractivity contribution is 5.92. The normalized spacial score (nSPS) is 21.7. The highest BCUT2D eigenvalue weighted by Gasteiger charge is 2.28. The van der Waals surface area contributed by atoms with Gasteiger partial charge in [0.25, 0.3) is 5.91 Å². The van der Waals surface area contributed by atoms with Crippen LogP contribution in [0.15, 0.2) is 6.20 Å². The monoisotopic (exact) mass is 211 g/mol. The van der Waals surface area contributed by atoms with Gasteiger partial charge in [-0.25, -0.2) is 0 Å². The van der Waals surface area contributed by atoms with E-state index in [9.17, 15) is 4.79 Å². The number of morpholine rings is 1. The fraction of sp³-hybridized carbons (Fsp3) is 0.625. The molecule has 1 amide bonds. The molecular formula is C8H13N5O2. The van der Waals surface area contributed by atoms with Gasteiger partial charge in [0.2, 0.25) is 0 Å². The Morgan fingerprint density at radius 3 is 3.33 bits per heavy atom. The topological polar surface area (TPSA) is 97.1 Å². The average molecular weight is 211 g/mol. The lowest BCUT2D eigenvalue weighted by molar-refractivity contribution is 0.000520. The zero-order valence-electron chi connectivity index (χ0n) is 8.22. The molecule has 1 fully saturated rings. The van der Waals surface area contributed by atoms with E-state index in [4.69, 9.17) is 10.5 Å². The van der Waals surface area contributed by atoms with Crippen molar-refractivity contribution in [2.75, 3.05) is 26.3 Å². The Hall–Kier alpha value is -1.47. The van der Waals surface area contributed by atoms with Crippen LogP contribution in [-0.2, 0) is 4.74 Å². The molecule has 7 nitrogen and oxygen atoms in total. The highest BCUT2D eigenvalue weighted by Crippen LogP contribution is 2.09. The van der Waals surface area contributed by atoms with Crippen LogP contribution >= 0.6 is 0 Å². The number of carbonyl (C=O) groups is 1. The minimum absolute atomic E-state index is 0.0667. The van der Waals surface area contributed by atoms with Gasteiger partial charge in [0.1, 0.15) is 0 Å². The maximum atomic E-state index is 11.9.